The fraction of sp³-hybridized carbons (Fsp3) is 0.263. The van der Waals surface area contributed by atoms with E-state index in [0.29, 0.717) is 11.3 Å². The van der Waals surface area contributed by atoms with Crippen molar-refractivity contribution in [2.75, 3.05) is 13.7 Å². The van der Waals surface area contributed by atoms with Gasteiger partial charge in [0.2, 0.25) is 0 Å². The Morgan fingerprint density at radius 3 is 2.72 bits per heavy atom. The molecule has 0 unspecified atom stereocenters. The minimum atomic E-state index is -3.76. The highest BCUT2D eigenvalue weighted by Gasteiger charge is 2.27. The summed E-state index contributed by atoms with van der Waals surface area (Å²) in [5.74, 6) is 0.369. The predicted octanol–water partition coefficient (Wildman–Crippen LogP) is 2.84. The number of benzene rings is 2. The van der Waals surface area contributed by atoms with Crippen LogP contribution in [0.3, 0.4) is 0 Å². The van der Waals surface area contributed by atoms with Crippen molar-refractivity contribution >= 4 is 20.9 Å². The third-order valence-electron chi connectivity index (χ3n) is 4.76. The Morgan fingerprint density at radius 1 is 1.12 bits per heavy atom. The first kappa shape index (κ1) is 16.2. The summed E-state index contributed by atoms with van der Waals surface area (Å²) in [6, 6.07) is 11.1. The van der Waals surface area contributed by atoms with Gasteiger partial charge in [0.15, 0.2) is 0 Å². The van der Waals surface area contributed by atoms with Gasteiger partial charge in [-0.15, -0.1) is 0 Å². The molecule has 1 N–H and O–H groups in total. The number of hydrogen-bond acceptors (Lipinski definition) is 4. The van der Waals surface area contributed by atoms with Crippen molar-refractivity contribution in [1.82, 2.24) is 9.29 Å². The van der Waals surface area contributed by atoms with Gasteiger partial charge in [0.25, 0.3) is 10.0 Å². The lowest BCUT2D eigenvalue weighted by Crippen LogP contribution is -2.16. The minimum Gasteiger partial charge on any atom is -0.495 e. The van der Waals surface area contributed by atoms with Crippen LogP contribution < -0.4 is 10.1 Å². The molecule has 0 aliphatic carbocycles. The summed E-state index contributed by atoms with van der Waals surface area (Å²) < 4.78 is 33.7. The predicted molar refractivity (Wildman–Crippen MR) is 97.7 cm³/mol. The zero-order valence-electron chi connectivity index (χ0n) is 14.2. The number of methoxy groups -OCH3 is 1. The Balaban J connectivity index is 2.03. The minimum absolute atomic E-state index is 0.224. The number of ether oxygens (including phenoxy) is 1. The fourth-order valence-electron chi connectivity index (χ4n) is 3.61. The van der Waals surface area contributed by atoms with Gasteiger partial charge in [-0.25, -0.2) is 12.4 Å². The van der Waals surface area contributed by atoms with Gasteiger partial charge >= 0.3 is 0 Å². The second kappa shape index (κ2) is 5.89. The van der Waals surface area contributed by atoms with Gasteiger partial charge in [-0.1, -0.05) is 24.3 Å². The Labute approximate surface area is 147 Å². The molecule has 130 valence electrons. The number of aromatic nitrogens is 1. The van der Waals surface area contributed by atoms with E-state index in [0.717, 1.165) is 41.5 Å². The first-order valence-electron chi connectivity index (χ1n) is 8.26. The molecule has 0 spiro atoms. The van der Waals surface area contributed by atoms with Gasteiger partial charge in [0, 0.05) is 18.1 Å². The molecule has 3 aromatic rings. The Bertz CT molecular complexity index is 1070. The summed E-state index contributed by atoms with van der Waals surface area (Å²) in [5.41, 5.74) is 3.59. The molecule has 0 amide bonds. The normalized spacial score (nSPS) is 14.5. The summed E-state index contributed by atoms with van der Waals surface area (Å²) in [7, 11) is -2.26. The third-order valence-corrected chi connectivity index (χ3v) is 6.62. The molecule has 1 aliphatic heterocycles. The summed E-state index contributed by atoms with van der Waals surface area (Å²) in [6.07, 6.45) is 2.57. The summed E-state index contributed by atoms with van der Waals surface area (Å²) in [5, 5.41) is 4.42. The maximum absolute atomic E-state index is 13.5. The quantitative estimate of drug-likeness (QED) is 0.784. The highest BCUT2D eigenvalue weighted by molar-refractivity contribution is 7.90. The Morgan fingerprint density at radius 2 is 1.92 bits per heavy atom. The van der Waals surface area contributed by atoms with E-state index in [9.17, 15) is 8.42 Å². The van der Waals surface area contributed by atoms with Crippen molar-refractivity contribution < 1.29 is 13.2 Å². The van der Waals surface area contributed by atoms with Crippen LogP contribution in [0, 0.1) is 6.92 Å². The van der Waals surface area contributed by atoms with Gasteiger partial charge in [0.05, 0.1) is 12.6 Å². The maximum atomic E-state index is 13.5. The molecular weight excluding hydrogens is 336 g/mol. The summed E-state index contributed by atoms with van der Waals surface area (Å²) >= 11 is 0. The fourth-order valence-corrected chi connectivity index (χ4v) is 5.37. The molecule has 0 saturated carbocycles. The second-order valence-corrected chi connectivity index (χ2v) is 8.05. The van der Waals surface area contributed by atoms with Crippen LogP contribution in [0.5, 0.6) is 5.75 Å². The van der Waals surface area contributed by atoms with Crippen molar-refractivity contribution in [3.8, 4) is 5.75 Å². The molecule has 1 aliphatic rings. The standard InChI is InChI=1S/C19H20N2O3S/c1-13-5-3-8-17(24-2)19(13)25(22,23)21-12-15-9-10-20-11-14-6-4-7-16(21)18(14)15/h3-8,12,20H,9-11H2,1-2H3. The number of nitrogens with one attached hydrogen (secondary N) is 1. The molecule has 0 atom stereocenters. The van der Waals surface area contributed by atoms with Crippen LogP contribution in [0.4, 0.5) is 0 Å². The number of aryl methyl sites for hydroxylation is 1. The van der Waals surface area contributed by atoms with Gasteiger partial charge in [0.1, 0.15) is 10.6 Å². The monoisotopic (exact) mass is 356 g/mol. The van der Waals surface area contributed by atoms with E-state index >= 15 is 0 Å². The molecule has 2 aromatic carbocycles. The molecule has 25 heavy (non-hydrogen) atoms. The Kier molecular flexibility index (Phi) is 3.81. The van der Waals surface area contributed by atoms with Crippen LogP contribution in [-0.2, 0) is 23.0 Å². The summed E-state index contributed by atoms with van der Waals surface area (Å²) in [4.78, 5) is 0.224. The van der Waals surface area contributed by atoms with E-state index in [2.05, 4.69) is 11.4 Å². The van der Waals surface area contributed by atoms with Crippen LogP contribution >= 0.6 is 0 Å². The van der Waals surface area contributed by atoms with Crippen molar-refractivity contribution in [2.24, 2.45) is 0 Å². The van der Waals surface area contributed by atoms with Crippen molar-refractivity contribution in [3.63, 3.8) is 0 Å². The first-order valence-corrected chi connectivity index (χ1v) is 9.70. The highest BCUT2D eigenvalue weighted by atomic mass is 32.2. The topological polar surface area (TPSA) is 60.3 Å². The first-order chi connectivity index (χ1) is 12.0. The smallest absolute Gasteiger partial charge is 0.272 e. The van der Waals surface area contributed by atoms with Gasteiger partial charge in [-0.05, 0) is 48.7 Å². The largest absolute Gasteiger partial charge is 0.495 e. The number of rotatable bonds is 3. The molecule has 5 nitrogen and oxygen atoms in total. The van der Waals surface area contributed by atoms with E-state index in [1.807, 2.05) is 12.1 Å². The molecule has 4 rings (SSSR count). The average molecular weight is 356 g/mol. The van der Waals surface area contributed by atoms with E-state index in [4.69, 9.17) is 4.74 Å². The molecule has 1 aromatic heterocycles. The lowest BCUT2D eigenvalue weighted by atomic mass is 10.1. The van der Waals surface area contributed by atoms with E-state index in [1.165, 1.54) is 11.1 Å². The van der Waals surface area contributed by atoms with E-state index < -0.39 is 10.0 Å². The zero-order valence-corrected chi connectivity index (χ0v) is 15.1. The van der Waals surface area contributed by atoms with Crippen LogP contribution in [0.25, 0.3) is 10.9 Å². The van der Waals surface area contributed by atoms with Gasteiger partial charge < -0.3 is 10.1 Å². The highest BCUT2D eigenvalue weighted by Crippen LogP contribution is 2.34. The van der Waals surface area contributed by atoms with Gasteiger partial charge in [-0.2, -0.15) is 0 Å². The van der Waals surface area contributed by atoms with Crippen molar-refractivity contribution in [2.45, 2.75) is 24.8 Å². The number of nitrogens with zero attached hydrogens (tertiary/aromatic N) is 1. The lowest BCUT2D eigenvalue weighted by Gasteiger charge is -2.14. The van der Waals surface area contributed by atoms with Crippen LogP contribution in [0.15, 0.2) is 47.5 Å². The van der Waals surface area contributed by atoms with Crippen molar-refractivity contribution in [3.05, 3.63) is 59.3 Å². The number of hydrogen-bond donors (Lipinski definition) is 1. The molecule has 0 bridgehead atoms. The summed E-state index contributed by atoms with van der Waals surface area (Å²) in [6.45, 7) is 3.38. The van der Waals surface area contributed by atoms with Crippen LogP contribution in [-0.4, -0.2) is 26.0 Å². The molecule has 0 saturated heterocycles. The van der Waals surface area contributed by atoms with E-state index in [-0.39, 0.29) is 4.90 Å². The Hall–Kier alpha value is -2.31. The van der Waals surface area contributed by atoms with E-state index in [1.54, 1.807) is 31.3 Å². The lowest BCUT2D eigenvalue weighted by molar-refractivity contribution is 0.401. The molecule has 2 heterocycles. The van der Waals surface area contributed by atoms with Gasteiger partial charge in [-0.3, -0.25) is 0 Å². The molecule has 0 radical (unpaired) electrons. The third kappa shape index (κ3) is 2.44. The average Bonchev–Trinajstić information content (AvgIpc) is 2.85. The molecule has 6 heteroatoms. The second-order valence-electron chi connectivity index (χ2n) is 6.30. The maximum Gasteiger partial charge on any atom is 0.272 e. The molecule has 0 fully saturated rings. The van der Waals surface area contributed by atoms with Crippen molar-refractivity contribution in [1.29, 1.82) is 0 Å². The van der Waals surface area contributed by atoms with Crippen LogP contribution in [0.1, 0.15) is 16.7 Å². The van der Waals surface area contributed by atoms with Crippen LogP contribution in [0.2, 0.25) is 0 Å². The zero-order chi connectivity index (χ0) is 17.6. The SMILES string of the molecule is COc1cccc(C)c1S(=O)(=O)n1cc2c3c(cccc31)CNCC2. The molecular formula is C19H20N2O3S.